The molecule has 0 aromatic carbocycles. The van der Waals surface area contributed by atoms with Crippen molar-refractivity contribution < 1.29 is 0 Å². The van der Waals surface area contributed by atoms with Gasteiger partial charge in [-0.1, -0.05) is 27.7 Å². The number of piperidine rings is 1. The summed E-state index contributed by atoms with van der Waals surface area (Å²) in [5.41, 5.74) is 0.673. The Morgan fingerprint density at radius 2 is 2.00 bits per heavy atom. The van der Waals surface area contributed by atoms with Crippen molar-refractivity contribution >= 4 is 0 Å². The van der Waals surface area contributed by atoms with E-state index in [-0.39, 0.29) is 0 Å². The Labute approximate surface area is 76.1 Å². The van der Waals surface area contributed by atoms with E-state index in [1.807, 2.05) is 0 Å². The van der Waals surface area contributed by atoms with Crippen LogP contribution in [0.5, 0.6) is 0 Å². The summed E-state index contributed by atoms with van der Waals surface area (Å²) in [6.07, 6.45) is 1.35. The first kappa shape index (κ1) is 8.55. The van der Waals surface area contributed by atoms with Crippen LogP contribution in [-0.2, 0) is 0 Å². The lowest BCUT2D eigenvalue weighted by Crippen LogP contribution is -2.35. The fourth-order valence-electron chi connectivity index (χ4n) is 3.39. The van der Waals surface area contributed by atoms with Gasteiger partial charge in [0.1, 0.15) is 0 Å². The molecule has 0 N–H and O–H groups in total. The Balaban J connectivity index is 2.07. The Morgan fingerprint density at radius 3 is 2.50 bits per heavy atom. The van der Waals surface area contributed by atoms with Gasteiger partial charge in [-0.15, -0.1) is 0 Å². The molecule has 1 aliphatic heterocycles. The highest BCUT2D eigenvalue weighted by Gasteiger charge is 2.65. The molecule has 0 aromatic rings. The first-order valence-corrected chi connectivity index (χ1v) is 5.37. The van der Waals surface area contributed by atoms with E-state index in [0.717, 1.165) is 17.9 Å². The molecule has 1 heteroatoms. The van der Waals surface area contributed by atoms with Crippen LogP contribution in [0.1, 0.15) is 34.1 Å². The lowest BCUT2D eigenvalue weighted by molar-refractivity contribution is 0.186. The lowest BCUT2D eigenvalue weighted by Gasteiger charge is -2.28. The van der Waals surface area contributed by atoms with E-state index >= 15 is 0 Å². The predicted octanol–water partition coefficient (Wildman–Crippen LogP) is 2.37. The van der Waals surface area contributed by atoms with Crippen LogP contribution in [0, 0.1) is 17.3 Å². The zero-order chi connectivity index (χ0) is 8.93. The van der Waals surface area contributed by atoms with Gasteiger partial charge in [0, 0.05) is 12.6 Å². The van der Waals surface area contributed by atoms with Crippen molar-refractivity contribution in [2.24, 2.45) is 17.3 Å². The fraction of sp³-hybridized carbons (Fsp3) is 1.00. The van der Waals surface area contributed by atoms with Gasteiger partial charge >= 0.3 is 0 Å². The molecule has 1 saturated carbocycles. The summed E-state index contributed by atoms with van der Waals surface area (Å²) in [7, 11) is 0. The Kier molecular flexibility index (Phi) is 1.76. The average molecular weight is 167 g/mol. The predicted molar refractivity (Wildman–Crippen MR) is 52.1 cm³/mol. The van der Waals surface area contributed by atoms with Crippen LogP contribution in [-0.4, -0.2) is 24.0 Å². The van der Waals surface area contributed by atoms with Crippen molar-refractivity contribution in [2.75, 3.05) is 13.1 Å². The second kappa shape index (κ2) is 2.47. The van der Waals surface area contributed by atoms with Crippen LogP contribution in [0.25, 0.3) is 0 Å². The third-order valence-electron chi connectivity index (χ3n) is 4.28. The monoisotopic (exact) mass is 167 g/mol. The van der Waals surface area contributed by atoms with E-state index in [1.54, 1.807) is 0 Å². The van der Waals surface area contributed by atoms with Crippen LogP contribution in [0.2, 0.25) is 0 Å². The van der Waals surface area contributed by atoms with Gasteiger partial charge in [0.2, 0.25) is 0 Å². The topological polar surface area (TPSA) is 3.24 Å². The zero-order valence-corrected chi connectivity index (χ0v) is 8.80. The molecule has 0 amide bonds. The van der Waals surface area contributed by atoms with E-state index in [0.29, 0.717) is 5.41 Å². The highest BCUT2D eigenvalue weighted by Crippen LogP contribution is 2.65. The van der Waals surface area contributed by atoms with Crippen molar-refractivity contribution in [1.29, 1.82) is 0 Å². The summed E-state index contributed by atoms with van der Waals surface area (Å²) in [5.74, 6) is 2.03. The molecule has 2 aliphatic rings. The molecule has 1 heterocycles. The first-order chi connectivity index (χ1) is 5.62. The summed E-state index contributed by atoms with van der Waals surface area (Å²) >= 11 is 0. The average Bonchev–Trinajstić information content (AvgIpc) is 2.50. The third-order valence-corrected chi connectivity index (χ3v) is 4.28. The Hall–Kier alpha value is -0.0400. The molecule has 2 rings (SSSR count). The van der Waals surface area contributed by atoms with E-state index in [2.05, 4.69) is 32.6 Å². The number of hydrogen-bond donors (Lipinski definition) is 0. The van der Waals surface area contributed by atoms with E-state index in [1.165, 1.54) is 19.5 Å². The van der Waals surface area contributed by atoms with Gasteiger partial charge in [0.25, 0.3) is 0 Å². The normalized spacial score (nSPS) is 44.5. The molecule has 1 saturated heterocycles. The maximum Gasteiger partial charge on any atom is 0.0129 e. The third kappa shape index (κ3) is 0.891. The van der Waals surface area contributed by atoms with Crippen molar-refractivity contribution in [3.05, 3.63) is 0 Å². The van der Waals surface area contributed by atoms with Gasteiger partial charge in [0.05, 0.1) is 0 Å². The van der Waals surface area contributed by atoms with Crippen molar-refractivity contribution in [2.45, 2.75) is 40.2 Å². The molecule has 0 aromatic heterocycles. The quantitative estimate of drug-likeness (QED) is 0.610. The highest BCUT2D eigenvalue weighted by molar-refractivity contribution is 5.15. The zero-order valence-electron chi connectivity index (χ0n) is 8.80. The maximum atomic E-state index is 2.67. The number of hydrogen-bond acceptors (Lipinski definition) is 1. The maximum absolute atomic E-state index is 2.67. The van der Waals surface area contributed by atoms with E-state index in [9.17, 15) is 0 Å². The Bertz CT molecular complexity index is 185. The van der Waals surface area contributed by atoms with Crippen LogP contribution in [0.4, 0.5) is 0 Å². The molecule has 2 fully saturated rings. The molecular weight excluding hydrogens is 146 g/mol. The second-order valence-corrected chi connectivity index (χ2v) is 5.02. The molecular formula is C11H21N. The number of likely N-dealkylation sites (tertiary alicyclic amines) is 1. The molecule has 3 unspecified atom stereocenters. The Morgan fingerprint density at radius 1 is 1.33 bits per heavy atom. The van der Waals surface area contributed by atoms with Crippen molar-refractivity contribution in [1.82, 2.24) is 4.90 Å². The van der Waals surface area contributed by atoms with Gasteiger partial charge in [-0.2, -0.15) is 0 Å². The summed E-state index contributed by atoms with van der Waals surface area (Å²) < 4.78 is 0. The largest absolute Gasteiger partial charge is 0.300 e. The molecule has 3 atom stereocenters. The molecule has 70 valence electrons. The summed E-state index contributed by atoms with van der Waals surface area (Å²) in [4.78, 5) is 2.67. The van der Waals surface area contributed by atoms with Gasteiger partial charge in [-0.3, -0.25) is 0 Å². The first-order valence-electron chi connectivity index (χ1n) is 5.37. The van der Waals surface area contributed by atoms with Crippen LogP contribution >= 0.6 is 0 Å². The number of nitrogens with zero attached hydrogens (tertiary/aromatic N) is 1. The van der Waals surface area contributed by atoms with Crippen molar-refractivity contribution in [3.63, 3.8) is 0 Å². The standard InChI is InChI=1S/C11H21N/c1-5-9-10-8(11(10,3)4)7-12(9)6-2/h8-10H,5-7H2,1-4H3. The summed E-state index contributed by atoms with van der Waals surface area (Å²) in [6, 6.07) is 0.898. The van der Waals surface area contributed by atoms with E-state index in [4.69, 9.17) is 0 Å². The summed E-state index contributed by atoms with van der Waals surface area (Å²) in [5, 5.41) is 0. The van der Waals surface area contributed by atoms with Gasteiger partial charge in [-0.25, -0.2) is 0 Å². The van der Waals surface area contributed by atoms with Gasteiger partial charge in [-0.05, 0) is 30.2 Å². The van der Waals surface area contributed by atoms with Crippen LogP contribution < -0.4 is 0 Å². The molecule has 0 spiro atoms. The highest BCUT2D eigenvalue weighted by atomic mass is 15.2. The summed E-state index contributed by atoms with van der Waals surface area (Å²) in [6.45, 7) is 12.1. The number of rotatable bonds is 2. The smallest absolute Gasteiger partial charge is 0.0129 e. The van der Waals surface area contributed by atoms with Gasteiger partial charge < -0.3 is 4.90 Å². The minimum Gasteiger partial charge on any atom is -0.300 e. The van der Waals surface area contributed by atoms with Gasteiger partial charge in [0.15, 0.2) is 0 Å². The molecule has 12 heavy (non-hydrogen) atoms. The molecule has 0 bridgehead atoms. The minimum atomic E-state index is 0.673. The molecule has 1 nitrogen and oxygen atoms in total. The molecule has 0 radical (unpaired) electrons. The SMILES string of the molecule is CCC1C2C(CN1CC)C2(C)C. The van der Waals surface area contributed by atoms with Crippen LogP contribution in [0.3, 0.4) is 0 Å². The fourth-order valence-corrected chi connectivity index (χ4v) is 3.39. The lowest BCUT2D eigenvalue weighted by atomic mass is 10.00. The van der Waals surface area contributed by atoms with Crippen LogP contribution in [0.15, 0.2) is 0 Å². The van der Waals surface area contributed by atoms with E-state index < -0.39 is 0 Å². The minimum absolute atomic E-state index is 0.673. The van der Waals surface area contributed by atoms with Crippen molar-refractivity contribution in [3.8, 4) is 0 Å². The number of fused-ring (bicyclic) bond motifs is 1. The molecule has 1 aliphatic carbocycles. The second-order valence-electron chi connectivity index (χ2n) is 5.02.